The summed E-state index contributed by atoms with van der Waals surface area (Å²) in [6, 6.07) is 0. The molecule has 0 rings (SSSR count). The fraction of sp³-hybridized carbons (Fsp3) is 0. The molecule has 0 unspecified atom stereocenters. The van der Waals surface area contributed by atoms with E-state index in [2.05, 4.69) is 8.67 Å². The van der Waals surface area contributed by atoms with Crippen LogP contribution in [-0.2, 0) is 28.9 Å². The lowest BCUT2D eigenvalue weighted by atomic mass is 10.8. The summed E-state index contributed by atoms with van der Waals surface area (Å²) in [7, 11) is -8.32. The largest absolute Gasteiger partial charge is 0.443 e. The van der Waals surface area contributed by atoms with Crippen molar-refractivity contribution in [2.45, 2.75) is 0 Å². The summed E-state index contributed by atoms with van der Waals surface area (Å²) in [5.41, 5.74) is 0. The summed E-state index contributed by atoms with van der Waals surface area (Å²) >= 11 is 0. The van der Waals surface area contributed by atoms with Gasteiger partial charge in [-0.3, -0.25) is 0 Å². The molecule has 0 heterocycles. The standard InChI is InChI=1S/BH2NO7S2/c1-10(4,5)8-9-11(6,7)2-3/h1H2. The highest BCUT2D eigenvalue weighted by molar-refractivity contribution is 8.08. The molecule has 0 aromatic rings. The number of hydrogen-bond donors (Lipinski definition) is 0. The SMILES string of the molecule is BS(=O)(=O)OOS(=O)(=O)N=O. The average molecular weight is 203 g/mol. The quantitative estimate of drug-likeness (QED) is 0.220. The lowest BCUT2D eigenvalue weighted by Crippen LogP contribution is -2.09. The van der Waals surface area contributed by atoms with Crippen LogP contribution in [0.4, 0.5) is 0 Å². The molecule has 0 aliphatic carbocycles. The number of hydrogen-bond acceptors (Lipinski definition) is 7. The molecule has 0 saturated heterocycles. The van der Waals surface area contributed by atoms with Gasteiger partial charge in [0.1, 0.15) is 0 Å². The minimum atomic E-state index is -4.78. The average Bonchev–Trinajstić information content (AvgIpc) is 1.83. The Morgan fingerprint density at radius 1 is 1.09 bits per heavy atom. The zero-order valence-corrected chi connectivity index (χ0v) is 6.75. The van der Waals surface area contributed by atoms with Gasteiger partial charge in [0, 0.05) is 0 Å². The van der Waals surface area contributed by atoms with E-state index in [0.29, 0.717) is 7.12 Å². The molecular weight excluding hydrogens is 201 g/mol. The minimum Gasteiger partial charge on any atom is -0.212 e. The van der Waals surface area contributed by atoms with E-state index in [9.17, 15) is 21.7 Å². The van der Waals surface area contributed by atoms with Gasteiger partial charge in [-0.1, -0.05) is 8.67 Å². The van der Waals surface area contributed by atoms with E-state index >= 15 is 0 Å². The highest BCUT2D eigenvalue weighted by atomic mass is 32.2. The van der Waals surface area contributed by atoms with Gasteiger partial charge in [-0.2, -0.15) is 8.42 Å². The lowest BCUT2D eigenvalue weighted by Gasteiger charge is -1.93. The summed E-state index contributed by atoms with van der Waals surface area (Å²) in [4.78, 5) is 9.31. The molecule has 0 aromatic carbocycles. The van der Waals surface area contributed by atoms with Gasteiger partial charge >= 0.3 is 10.3 Å². The number of nitroso groups, excluding NO2 is 1. The minimum absolute atomic E-state index is 0.535. The number of nitrogens with zero attached hydrogens (tertiary/aromatic N) is 1. The maximum Gasteiger partial charge on any atom is 0.443 e. The Morgan fingerprint density at radius 2 is 1.55 bits per heavy atom. The third-order valence-electron chi connectivity index (χ3n) is 0.329. The second kappa shape index (κ2) is 3.25. The van der Waals surface area contributed by atoms with E-state index < -0.39 is 20.3 Å². The highest BCUT2D eigenvalue weighted by Crippen LogP contribution is 1.97. The molecule has 11 heavy (non-hydrogen) atoms. The maximum atomic E-state index is 10.0. The maximum absolute atomic E-state index is 10.0. The van der Waals surface area contributed by atoms with Crippen molar-refractivity contribution in [1.29, 1.82) is 0 Å². The third-order valence-corrected chi connectivity index (χ3v) is 1.15. The van der Waals surface area contributed by atoms with Crippen LogP contribution < -0.4 is 0 Å². The van der Waals surface area contributed by atoms with Crippen molar-refractivity contribution in [3.8, 4) is 0 Å². The van der Waals surface area contributed by atoms with Crippen LogP contribution >= 0.6 is 0 Å². The molecule has 0 atom stereocenters. The van der Waals surface area contributed by atoms with Crippen molar-refractivity contribution in [2.24, 2.45) is 4.58 Å². The Bertz CT molecular complexity index is 321. The molecule has 64 valence electrons. The third kappa shape index (κ3) is 5.91. The Kier molecular flexibility index (Phi) is 3.10. The molecule has 0 amide bonds. The van der Waals surface area contributed by atoms with E-state index in [1.54, 1.807) is 0 Å². The van der Waals surface area contributed by atoms with Crippen molar-refractivity contribution in [2.75, 3.05) is 0 Å². The predicted octanol–water partition coefficient (Wildman–Crippen LogP) is -2.18. The molecule has 0 radical (unpaired) electrons. The van der Waals surface area contributed by atoms with Crippen molar-refractivity contribution >= 4 is 27.4 Å². The molecule has 0 spiro atoms. The van der Waals surface area contributed by atoms with E-state index in [1.165, 1.54) is 4.58 Å². The van der Waals surface area contributed by atoms with Crippen LogP contribution in [0.3, 0.4) is 0 Å². The Balaban J connectivity index is 4.24. The molecule has 8 nitrogen and oxygen atoms in total. The molecule has 0 aliphatic heterocycles. The van der Waals surface area contributed by atoms with Gasteiger partial charge in [-0.05, 0) is 0 Å². The van der Waals surface area contributed by atoms with Crippen LogP contribution in [0, 0.1) is 4.91 Å². The van der Waals surface area contributed by atoms with Crippen molar-refractivity contribution in [3.63, 3.8) is 0 Å². The molecule has 0 fully saturated rings. The predicted molar refractivity (Wildman–Crippen MR) is 34.3 cm³/mol. The van der Waals surface area contributed by atoms with Crippen molar-refractivity contribution < 1.29 is 25.5 Å². The monoisotopic (exact) mass is 203 g/mol. The molecule has 0 aromatic heterocycles. The van der Waals surface area contributed by atoms with E-state index in [-0.39, 0.29) is 0 Å². The first kappa shape index (κ1) is 10.5. The molecule has 0 saturated carbocycles. The van der Waals surface area contributed by atoms with Gasteiger partial charge in [0.25, 0.3) is 7.12 Å². The first-order chi connectivity index (χ1) is 4.77. The van der Waals surface area contributed by atoms with Crippen LogP contribution in [0.25, 0.3) is 0 Å². The summed E-state index contributed by atoms with van der Waals surface area (Å²) in [6.07, 6.45) is 0. The zero-order valence-electron chi connectivity index (χ0n) is 5.12. The molecular formula is H2BNO7S2. The van der Waals surface area contributed by atoms with Gasteiger partial charge < -0.3 is 0 Å². The van der Waals surface area contributed by atoms with Gasteiger partial charge in [-0.25, -0.2) is 8.42 Å². The van der Waals surface area contributed by atoms with Crippen molar-refractivity contribution in [3.05, 3.63) is 4.91 Å². The molecule has 0 N–H and O–H groups in total. The van der Waals surface area contributed by atoms with Crippen LogP contribution in [0.2, 0.25) is 0 Å². The molecule has 0 aliphatic rings. The summed E-state index contributed by atoms with van der Waals surface area (Å²) in [6.45, 7) is 0. The van der Waals surface area contributed by atoms with E-state index in [4.69, 9.17) is 0 Å². The first-order valence-corrected chi connectivity index (χ1v) is 5.12. The van der Waals surface area contributed by atoms with Gasteiger partial charge in [0.2, 0.25) is 9.97 Å². The van der Waals surface area contributed by atoms with E-state index in [0.717, 1.165) is 0 Å². The van der Waals surface area contributed by atoms with E-state index in [1.807, 2.05) is 0 Å². The first-order valence-electron chi connectivity index (χ1n) is 1.94. The van der Waals surface area contributed by atoms with Gasteiger partial charge in [0.15, 0.2) is 0 Å². The van der Waals surface area contributed by atoms with Crippen LogP contribution in [0.5, 0.6) is 0 Å². The van der Waals surface area contributed by atoms with Gasteiger partial charge in [0.05, 0.1) is 4.58 Å². The zero-order chi connectivity index (χ0) is 9.12. The fourth-order valence-corrected chi connectivity index (χ4v) is 0.807. The topological polar surface area (TPSA) is 116 Å². The highest BCUT2D eigenvalue weighted by Gasteiger charge is 2.15. The van der Waals surface area contributed by atoms with Crippen LogP contribution in [0.1, 0.15) is 0 Å². The van der Waals surface area contributed by atoms with Gasteiger partial charge in [-0.15, -0.1) is 4.91 Å². The fourth-order valence-electron chi connectivity index (χ4n) is 0.0980. The summed E-state index contributed by atoms with van der Waals surface area (Å²) < 4.78 is 47.8. The molecule has 0 bridgehead atoms. The second-order valence-electron chi connectivity index (χ2n) is 1.34. The summed E-state index contributed by atoms with van der Waals surface area (Å²) in [5, 5.41) is 0. The van der Waals surface area contributed by atoms with Crippen molar-refractivity contribution in [1.82, 2.24) is 0 Å². The lowest BCUT2D eigenvalue weighted by molar-refractivity contribution is -0.0818. The smallest absolute Gasteiger partial charge is 0.212 e. The second-order valence-corrected chi connectivity index (χ2v) is 4.03. The Morgan fingerprint density at radius 3 is 1.82 bits per heavy atom. The number of rotatable bonds is 4. The molecule has 11 heteroatoms. The van der Waals surface area contributed by atoms with Crippen LogP contribution in [-0.4, -0.2) is 24.0 Å². The normalized spacial score (nSPS) is 12.7. The Labute approximate surface area is 63.1 Å². The Hall–Kier alpha value is -0.515. The van der Waals surface area contributed by atoms with Crippen LogP contribution in [0.15, 0.2) is 4.58 Å². The summed E-state index contributed by atoms with van der Waals surface area (Å²) in [5.74, 6) is 0.